The van der Waals surface area contributed by atoms with Crippen molar-refractivity contribution >= 4 is 6.09 Å². The van der Waals surface area contributed by atoms with E-state index in [1.54, 1.807) is 0 Å². The molecule has 0 bridgehead atoms. The number of quaternary nitrogens is 1. The monoisotopic (exact) mass is 230 g/mol. The summed E-state index contributed by atoms with van der Waals surface area (Å²) in [5.41, 5.74) is 0. The first-order chi connectivity index (χ1) is 7.80. The molecule has 0 atom stereocenters. The van der Waals surface area contributed by atoms with E-state index in [0.717, 1.165) is 32.6 Å². The zero-order chi connectivity index (χ0) is 11.6. The molecule has 1 aliphatic rings. The van der Waals surface area contributed by atoms with Crippen molar-refractivity contribution in [2.24, 2.45) is 0 Å². The van der Waals surface area contributed by atoms with Crippen molar-refractivity contribution in [3.8, 4) is 0 Å². The Balaban J connectivity index is 2.29. The first-order valence-electron chi connectivity index (χ1n) is 6.00. The number of amides is 1. The molecule has 4 N–H and O–H groups in total. The molecule has 0 unspecified atom stereocenters. The van der Waals surface area contributed by atoms with Crippen LogP contribution in [0.25, 0.3) is 0 Å². The molecule has 0 aromatic rings. The summed E-state index contributed by atoms with van der Waals surface area (Å²) in [7, 11) is 0. The number of nitrogens with two attached hydrogens (primary N) is 1. The second-order valence-corrected chi connectivity index (χ2v) is 3.97. The van der Waals surface area contributed by atoms with Crippen molar-refractivity contribution in [2.45, 2.75) is 6.42 Å². The Morgan fingerprint density at radius 2 is 1.75 bits per heavy atom. The molecule has 1 heterocycles. The summed E-state index contributed by atoms with van der Waals surface area (Å²) in [5, 5.41) is 19.5. The van der Waals surface area contributed by atoms with Gasteiger partial charge >= 0.3 is 0 Å². The van der Waals surface area contributed by atoms with E-state index in [1.165, 1.54) is 4.90 Å². The van der Waals surface area contributed by atoms with Crippen LogP contribution in [0.2, 0.25) is 0 Å². The van der Waals surface area contributed by atoms with Crippen molar-refractivity contribution < 1.29 is 15.2 Å². The van der Waals surface area contributed by atoms with Crippen LogP contribution in [0, 0.1) is 0 Å². The van der Waals surface area contributed by atoms with Gasteiger partial charge in [-0.3, -0.25) is 0 Å². The quantitative estimate of drug-likeness (QED) is 0.409. The van der Waals surface area contributed by atoms with Gasteiger partial charge in [-0.25, -0.2) is 0 Å². The predicted molar refractivity (Wildman–Crippen MR) is 59.0 cm³/mol. The number of hydrogen-bond donors (Lipinski definition) is 3. The van der Waals surface area contributed by atoms with E-state index in [4.69, 9.17) is 0 Å². The number of nitrogens with zero attached hydrogens (tertiary/aromatic N) is 1. The van der Waals surface area contributed by atoms with E-state index in [0.29, 0.717) is 26.2 Å². The molecule has 16 heavy (non-hydrogen) atoms. The van der Waals surface area contributed by atoms with Gasteiger partial charge in [-0.2, -0.15) is 0 Å². The highest BCUT2D eigenvalue weighted by atomic mass is 16.4. The van der Waals surface area contributed by atoms with Gasteiger partial charge in [0.15, 0.2) is 0 Å². The van der Waals surface area contributed by atoms with Gasteiger partial charge in [-0.05, 0) is 0 Å². The summed E-state index contributed by atoms with van der Waals surface area (Å²) < 4.78 is 0. The highest BCUT2D eigenvalue weighted by Crippen LogP contribution is 1.85. The predicted octanol–water partition coefficient (Wildman–Crippen LogP) is -3.22. The van der Waals surface area contributed by atoms with Gasteiger partial charge in [0, 0.05) is 45.7 Å². The lowest BCUT2D eigenvalue weighted by Gasteiger charge is -2.25. The number of carbonyl (C=O) groups excluding carboxylic acids is 1. The van der Waals surface area contributed by atoms with Crippen LogP contribution in [0.4, 0.5) is 4.79 Å². The number of nitrogens with one attached hydrogen (secondary N) is 2. The molecule has 0 aliphatic carbocycles. The fraction of sp³-hybridized carbons (Fsp3) is 0.900. The van der Waals surface area contributed by atoms with E-state index >= 15 is 0 Å². The number of carboxylic acid groups (broad SMARTS) is 1. The Morgan fingerprint density at radius 3 is 2.44 bits per heavy atom. The standard InChI is InChI=1S/C10H22N4O2/c15-10(16)14-8-6-12-3-1-2-11-4-5-13-7-9-14/h11-13H,1-9H2,(H,15,16). The second kappa shape index (κ2) is 8.32. The lowest BCUT2D eigenvalue weighted by atomic mass is 10.4. The molecule has 0 radical (unpaired) electrons. The Labute approximate surface area is 96.4 Å². The van der Waals surface area contributed by atoms with Crippen molar-refractivity contribution in [1.82, 2.24) is 15.5 Å². The normalized spacial score (nSPS) is 21.6. The third-order valence-electron chi connectivity index (χ3n) is 2.66. The maximum absolute atomic E-state index is 10.8. The molecule has 1 amide bonds. The summed E-state index contributed by atoms with van der Waals surface area (Å²) >= 11 is 0. The van der Waals surface area contributed by atoms with Gasteiger partial charge in [-0.1, -0.05) is 0 Å². The summed E-state index contributed by atoms with van der Waals surface area (Å²) in [6.45, 7) is 6.46. The SMILES string of the molecule is O=C([O-])N1CCNCCC[NH2+]CCNCC1. The van der Waals surface area contributed by atoms with Crippen molar-refractivity contribution in [2.75, 3.05) is 52.4 Å². The first-order valence-corrected chi connectivity index (χ1v) is 6.00. The molecule has 0 spiro atoms. The van der Waals surface area contributed by atoms with E-state index in [1.807, 2.05) is 0 Å². The van der Waals surface area contributed by atoms with Gasteiger partial charge < -0.3 is 30.8 Å². The van der Waals surface area contributed by atoms with Crippen LogP contribution in [0.3, 0.4) is 0 Å². The highest BCUT2D eigenvalue weighted by Gasteiger charge is 2.04. The Bertz CT molecular complexity index is 187. The lowest BCUT2D eigenvalue weighted by molar-refractivity contribution is -0.653. The van der Waals surface area contributed by atoms with Gasteiger partial charge in [0.25, 0.3) is 0 Å². The number of hydrogen-bond acceptors (Lipinski definition) is 4. The second-order valence-electron chi connectivity index (χ2n) is 3.97. The molecule has 6 nitrogen and oxygen atoms in total. The van der Waals surface area contributed by atoms with Gasteiger partial charge in [-0.15, -0.1) is 0 Å². The highest BCUT2D eigenvalue weighted by molar-refractivity contribution is 5.62. The summed E-state index contributed by atoms with van der Waals surface area (Å²) in [4.78, 5) is 12.1. The van der Waals surface area contributed by atoms with Crippen LogP contribution >= 0.6 is 0 Å². The number of carbonyl (C=O) groups is 1. The van der Waals surface area contributed by atoms with E-state index in [9.17, 15) is 9.90 Å². The summed E-state index contributed by atoms with van der Waals surface area (Å²) in [6.07, 6.45) is 0.0377. The largest absolute Gasteiger partial charge is 0.530 e. The maximum atomic E-state index is 10.8. The van der Waals surface area contributed by atoms with Crippen LogP contribution in [-0.2, 0) is 0 Å². The summed E-state index contributed by atoms with van der Waals surface area (Å²) in [5.74, 6) is 0. The van der Waals surface area contributed by atoms with Gasteiger partial charge in [0.2, 0.25) is 0 Å². The molecule has 6 heteroatoms. The Hall–Kier alpha value is -0.850. The average Bonchev–Trinajstić information content (AvgIpc) is 2.28. The lowest BCUT2D eigenvalue weighted by Crippen LogP contribution is -2.85. The zero-order valence-corrected chi connectivity index (χ0v) is 9.71. The van der Waals surface area contributed by atoms with Crippen molar-refractivity contribution in [3.63, 3.8) is 0 Å². The zero-order valence-electron chi connectivity index (χ0n) is 9.71. The van der Waals surface area contributed by atoms with Crippen LogP contribution in [0.1, 0.15) is 6.42 Å². The van der Waals surface area contributed by atoms with E-state index in [-0.39, 0.29) is 0 Å². The van der Waals surface area contributed by atoms with Crippen LogP contribution in [-0.4, -0.2) is 63.4 Å². The third kappa shape index (κ3) is 5.89. The van der Waals surface area contributed by atoms with Gasteiger partial charge in [0.05, 0.1) is 13.1 Å². The molecule has 0 aromatic heterocycles. The first kappa shape index (κ1) is 13.2. The molecule has 0 aromatic carbocycles. The molecule has 1 rings (SSSR count). The Kier molecular flexibility index (Phi) is 6.87. The minimum Gasteiger partial charge on any atom is -0.530 e. The van der Waals surface area contributed by atoms with E-state index in [2.05, 4.69) is 16.0 Å². The fourth-order valence-corrected chi connectivity index (χ4v) is 1.69. The van der Waals surface area contributed by atoms with Crippen LogP contribution < -0.4 is 21.1 Å². The molecular formula is C10H22N4O2. The Morgan fingerprint density at radius 1 is 1.06 bits per heavy atom. The van der Waals surface area contributed by atoms with Gasteiger partial charge in [0.1, 0.15) is 6.09 Å². The molecule has 0 saturated carbocycles. The van der Waals surface area contributed by atoms with Crippen LogP contribution in [0.15, 0.2) is 0 Å². The van der Waals surface area contributed by atoms with Crippen molar-refractivity contribution in [1.29, 1.82) is 0 Å². The maximum Gasteiger partial charge on any atom is 0.137 e. The number of rotatable bonds is 0. The molecule has 94 valence electrons. The van der Waals surface area contributed by atoms with E-state index < -0.39 is 6.09 Å². The minimum atomic E-state index is -1.08. The average molecular weight is 230 g/mol. The molecule has 1 saturated heterocycles. The smallest absolute Gasteiger partial charge is 0.137 e. The van der Waals surface area contributed by atoms with Crippen molar-refractivity contribution in [3.05, 3.63) is 0 Å². The fourth-order valence-electron chi connectivity index (χ4n) is 1.69. The third-order valence-corrected chi connectivity index (χ3v) is 2.66. The topological polar surface area (TPSA) is 84.0 Å². The molecule has 1 fully saturated rings. The molecular weight excluding hydrogens is 208 g/mol. The summed E-state index contributed by atoms with van der Waals surface area (Å²) in [6, 6.07) is 0. The van der Waals surface area contributed by atoms with Crippen LogP contribution in [0.5, 0.6) is 0 Å². The molecule has 1 aliphatic heterocycles. The minimum absolute atomic E-state index is 0.504.